The normalized spacial score (nSPS) is 23.1. The summed E-state index contributed by atoms with van der Waals surface area (Å²) in [7, 11) is 0. The molecule has 1 aliphatic heterocycles. The third kappa shape index (κ3) is 4.80. The molecule has 0 bridgehead atoms. The van der Waals surface area contributed by atoms with Gasteiger partial charge in [-0.1, -0.05) is 36.8 Å². The van der Waals surface area contributed by atoms with Gasteiger partial charge in [0.25, 0.3) is 0 Å². The van der Waals surface area contributed by atoms with Crippen LogP contribution in [-0.4, -0.2) is 22.7 Å². The third-order valence-electron chi connectivity index (χ3n) is 8.47. The Bertz CT molecular complexity index is 1550. The molecule has 5 nitrogen and oxygen atoms in total. The SMILES string of the molecule is CC1=CC(c2cc(C)nc(C)c2)=CC(C)C1c1ccc(F)c2c1CC[C@H]2Oc1ccc2c(c1)OC[C@H]2CC(=O)O. The fourth-order valence-corrected chi connectivity index (χ4v) is 6.87. The van der Waals surface area contributed by atoms with Crippen LogP contribution in [0, 0.1) is 25.6 Å². The Kier molecular flexibility index (Phi) is 6.73. The number of rotatable bonds is 6. The van der Waals surface area contributed by atoms with Crippen molar-refractivity contribution in [3.63, 3.8) is 0 Å². The fraction of sp³-hybridized carbons (Fsp3) is 0.353. The number of aliphatic carboxylic acids is 1. The molecule has 2 heterocycles. The number of benzene rings is 2. The molecule has 0 saturated carbocycles. The lowest BCUT2D eigenvalue weighted by atomic mass is 9.74. The van der Waals surface area contributed by atoms with Crippen LogP contribution in [0.3, 0.4) is 0 Å². The van der Waals surface area contributed by atoms with Crippen molar-refractivity contribution in [2.75, 3.05) is 6.61 Å². The van der Waals surface area contributed by atoms with Crippen LogP contribution < -0.4 is 9.47 Å². The van der Waals surface area contributed by atoms with Crippen LogP contribution in [0.15, 0.2) is 60.2 Å². The van der Waals surface area contributed by atoms with E-state index in [1.807, 2.05) is 38.1 Å². The van der Waals surface area contributed by atoms with Crippen LogP contribution in [-0.2, 0) is 11.2 Å². The molecule has 0 saturated heterocycles. The Labute approximate surface area is 234 Å². The second kappa shape index (κ2) is 10.2. The van der Waals surface area contributed by atoms with Gasteiger partial charge in [-0.2, -0.15) is 0 Å². The summed E-state index contributed by atoms with van der Waals surface area (Å²) in [6.07, 6.45) is 5.69. The van der Waals surface area contributed by atoms with Crippen molar-refractivity contribution in [2.24, 2.45) is 5.92 Å². The molecule has 0 radical (unpaired) electrons. The maximum absolute atomic E-state index is 15.3. The number of carboxylic acid groups (broad SMARTS) is 1. The van der Waals surface area contributed by atoms with E-state index in [-0.39, 0.29) is 36.1 Å². The van der Waals surface area contributed by atoms with E-state index in [1.165, 1.54) is 22.3 Å². The minimum atomic E-state index is -0.845. The molecule has 1 aromatic heterocycles. The van der Waals surface area contributed by atoms with E-state index < -0.39 is 5.97 Å². The lowest BCUT2D eigenvalue weighted by molar-refractivity contribution is -0.137. The molecule has 6 heteroatoms. The van der Waals surface area contributed by atoms with E-state index in [2.05, 4.69) is 43.1 Å². The zero-order valence-corrected chi connectivity index (χ0v) is 23.3. The molecule has 0 spiro atoms. The number of hydrogen-bond acceptors (Lipinski definition) is 4. The van der Waals surface area contributed by atoms with Gasteiger partial charge in [-0.15, -0.1) is 0 Å². The summed E-state index contributed by atoms with van der Waals surface area (Å²) in [5, 5.41) is 9.17. The van der Waals surface area contributed by atoms with Gasteiger partial charge in [0.2, 0.25) is 0 Å². The van der Waals surface area contributed by atoms with E-state index in [4.69, 9.17) is 9.47 Å². The van der Waals surface area contributed by atoms with Gasteiger partial charge in [-0.05, 0) is 86.1 Å². The fourth-order valence-electron chi connectivity index (χ4n) is 6.87. The summed E-state index contributed by atoms with van der Waals surface area (Å²) in [6.45, 7) is 8.81. The highest BCUT2D eigenvalue weighted by Gasteiger charge is 2.35. The van der Waals surface area contributed by atoms with E-state index >= 15 is 4.39 Å². The van der Waals surface area contributed by atoms with Gasteiger partial charge in [-0.25, -0.2) is 4.39 Å². The molecule has 206 valence electrons. The smallest absolute Gasteiger partial charge is 0.304 e. The molecule has 0 amide bonds. The van der Waals surface area contributed by atoms with Crippen LogP contribution in [0.4, 0.5) is 4.39 Å². The summed E-state index contributed by atoms with van der Waals surface area (Å²) < 4.78 is 27.4. The molecular formula is C34H34FNO4. The van der Waals surface area contributed by atoms with Crippen LogP contribution in [0.25, 0.3) is 5.57 Å². The van der Waals surface area contributed by atoms with Crippen LogP contribution >= 0.6 is 0 Å². The van der Waals surface area contributed by atoms with Gasteiger partial charge in [0.05, 0.1) is 13.0 Å². The number of pyridine rings is 1. The van der Waals surface area contributed by atoms with Crippen molar-refractivity contribution in [2.45, 2.75) is 64.9 Å². The molecule has 2 aliphatic carbocycles. The van der Waals surface area contributed by atoms with Gasteiger partial charge >= 0.3 is 5.97 Å². The molecule has 1 N–H and O–H groups in total. The number of carbonyl (C=O) groups is 1. The Hall–Kier alpha value is -3.93. The summed E-state index contributed by atoms with van der Waals surface area (Å²) in [4.78, 5) is 15.7. The van der Waals surface area contributed by atoms with Crippen molar-refractivity contribution in [3.8, 4) is 11.5 Å². The van der Waals surface area contributed by atoms with E-state index in [0.717, 1.165) is 28.9 Å². The zero-order chi connectivity index (χ0) is 28.1. The van der Waals surface area contributed by atoms with Crippen molar-refractivity contribution in [1.82, 2.24) is 4.98 Å². The molecule has 4 atom stereocenters. The first-order valence-electron chi connectivity index (χ1n) is 14.0. The largest absolute Gasteiger partial charge is 0.492 e. The third-order valence-corrected chi connectivity index (χ3v) is 8.47. The lowest BCUT2D eigenvalue weighted by Crippen LogP contribution is -2.16. The number of nitrogens with zero attached hydrogens (tertiary/aromatic N) is 1. The summed E-state index contributed by atoms with van der Waals surface area (Å²) >= 11 is 0. The Morgan fingerprint density at radius 3 is 2.58 bits per heavy atom. The molecule has 40 heavy (non-hydrogen) atoms. The highest BCUT2D eigenvalue weighted by atomic mass is 19.1. The van der Waals surface area contributed by atoms with Gasteiger partial charge in [0.15, 0.2) is 0 Å². The van der Waals surface area contributed by atoms with Gasteiger partial charge < -0.3 is 14.6 Å². The highest BCUT2D eigenvalue weighted by molar-refractivity contribution is 5.77. The van der Waals surface area contributed by atoms with E-state index in [9.17, 15) is 9.90 Å². The molecule has 2 unspecified atom stereocenters. The number of halogens is 1. The van der Waals surface area contributed by atoms with E-state index in [1.54, 1.807) is 6.07 Å². The van der Waals surface area contributed by atoms with Gasteiger partial charge in [0, 0.05) is 40.4 Å². The molecule has 3 aromatic rings. The topological polar surface area (TPSA) is 68.7 Å². The second-order valence-corrected chi connectivity index (χ2v) is 11.5. The van der Waals surface area contributed by atoms with Crippen molar-refractivity contribution in [1.29, 1.82) is 0 Å². The van der Waals surface area contributed by atoms with Crippen molar-refractivity contribution < 1.29 is 23.8 Å². The molecule has 3 aliphatic rings. The Morgan fingerprint density at radius 1 is 1.10 bits per heavy atom. The molecule has 0 fully saturated rings. The number of fused-ring (bicyclic) bond motifs is 2. The van der Waals surface area contributed by atoms with Crippen molar-refractivity contribution >= 4 is 11.5 Å². The lowest BCUT2D eigenvalue weighted by Gasteiger charge is -2.30. The van der Waals surface area contributed by atoms with Gasteiger partial charge in [-0.3, -0.25) is 9.78 Å². The quantitative estimate of drug-likeness (QED) is 0.349. The summed E-state index contributed by atoms with van der Waals surface area (Å²) in [5.74, 6) is 0.428. The molecule has 2 aromatic carbocycles. The first-order chi connectivity index (χ1) is 19.2. The highest BCUT2D eigenvalue weighted by Crippen LogP contribution is 2.47. The molecular weight excluding hydrogens is 505 g/mol. The number of hydrogen-bond donors (Lipinski definition) is 1. The van der Waals surface area contributed by atoms with Gasteiger partial charge in [0.1, 0.15) is 23.4 Å². The summed E-state index contributed by atoms with van der Waals surface area (Å²) in [6, 6.07) is 13.3. The number of carboxylic acids is 1. The summed E-state index contributed by atoms with van der Waals surface area (Å²) in [5.41, 5.74) is 9.44. The Morgan fingerprint density at radius 2 is 1.85 bits per heavy atom. The number of aryl methyl sites for hydroxylation is 2. The first kappa shape index (κ1) is 26.3. The zero-order valence-electron chi connectivity index (χ0n) is 23.3. The molecule has 6 rings (SSSR count). The number of allylic oxidation sites excluding steroid dienone is 4. The minimum absolute atomic E-state index is 0.0309. The average Bonchev–Trinajstić information content (AvgIpc) is 3.48. The first-order valence-corrected chi connectivity index (χ1v) is 14.0. The second-order valence-electron chi connectivity index (χ2n) is 11.5. The maximum atomic E-state index is 15.3. The predicted octanol–water partition coefficient (Wildman–Crippen LogP) is 7.62. The average molecular weight is 540 g/mol. The predicted molar refractivity (Wildman–Crippen MR) is 152 cm³/mol. The monoisotopic (exact) mass is 539 g/mol. The maximum Gasteiger partial charge on any atom is 0.304 e. The Balaban J connectivity index is 1.26. The van der Waals surface area contributed by atoms with Crippen LogP contribution in [0.1, 0.15) is 83.8 Å². The number of aromatic nitrogens is 1. The minimum Gasteiger partial charge on any atom is -0.492 e. The van der Waals surface area contributed by atoms with Crippen molar-refractivity contribution in [3.05, 3.63) is 105 Å². The van der Waals surface area contributed by atoms with Crippen LogP contribution in [0.2, 0.25) is 0 Å². The van der Waals surface area contributed by atoms with E-state index in [0.29, 0.717) is 30.1 Å². The van der Waals surface area contributed by atoms with Crippen LogP contribution in [0.5, 0.6) is 11.5 Å². The number of ether oxygens (including phenoxy) is 2. The standard InChI is InChI=1S/C34H34FNO4/c1-18-11-22(23-13-20(3)36-21(4)14-23)12-19(2)33(18)27-7-9-29(35)34-28(27)8-10-30(34)40-25-5-6-26-24(15-32(37)38)17-39-31(26)16-25/h5-7,9,11-14,16,18,24,30,33H,8,10,15,17H2,1-4H3,(H,37,38)/t18?,24-,30-,33?/m1/s1.